The minimum Gasteiger partial charge on any atom is -0.352 e. The van der Waals surface area contributed by atoms with E-state index in [-0.39, 0.29) is 6.03 Å². The van der Waals surface area contributed by atoms with Crippen molar-refractivity contribution in [1.82, 2.24) is 25.5 Å². The maximum atomic E-state index is 12.0. The van der Waals surface area contributed by atoms with Crippen molar-refractivity contribution in [3.63, 3.8) is 0 Å². The van der Waals surface area contributed by atoms with E-state index in [2.05, 4.69) is 49.0 Å². The van der Waals surface area contributed by atoms with Crippen molar-refractivity contribution in [3.05, 3.63) is 53.9 Å². The largest absolute Gasteiger partial charge is 0.352 e. The molecule has 0 spiro atoms. The minimum atomic E-state index is -0.170. The number of nitrogens with zero attached hydrogens (tertiary/aromatic N) is 3. The van der Waals surface area contributed by atoms with E-state index in [1.807, 2.05) is 6.07 Å². The molecule has 0 atom stereocenters. The Kier molecular flexibility index (Phi) is 6.78. The van der Waals surface area contributed by atoms with Crippen molar-refractivity contribution in [2.75, 3.05) is 31.5 Å². The number of benzene rings is 1. The molecule has 26 heavy (non-hydrogen) atoms. The van der Waals surface area contributed by atoms with Gasteiger partial charge in [0.05, 0.1) is 0 Å². The van der Waals surface area contributed by atoms with Crippen LogP contribution in [0.2, 0.25) is 0 Å². The number of likely N-dealkylation sites (tertiary alicyclic amines) is 1. The molecule has 1 aliphatic rings. The Balaban J connectivity index is 1.38. The Bertz CT molecular complexity index is 687. The molecule has 1 aromatic carbocycles. The molecule has 0 bridgehead atoms. The van der Waals surface area contributed by atoms with E-state index < -0.39 is 0 Å². The average molecular weight is 354 g/mol. The molecule has 7 heteroatoms. The molecule has 1 saturated heterocycles. The molecule has 3 N–H and O–H groups in total. The highest BCUT2D eigenvalue weighted by atomic mass is 16.2. The lowest BCUT2D eigenvalue weighted by molar-refractivity contribution is 0.241. The van der Waals surface area contributed by atoms with E-state index >= 15 is 0 Å². The topological polar surface area (TPSA) is 82.2 Å². The molecule has 2 heterocycles. The maximum Gasteiger partial charge on any atom is 0.315 e. The Morgan fingerprint density at radius 3 is 2.46 bits per heavy atom. The van der Waals surface area contributed by atoms with Gasteiger partial charge in [-0.3, -0.25) is 4.90 Å². The predicted octanol–water partition coefficient (Wildman–Crippen LogP) is 1.98. The number of amides is 2. The average Bonchev–Trinajstić information content (AvgIpc) is 3.18. The van der Waals surface area contributed by atoms with E-state index in [9.17, 15) is 4.79 Å². The fourth-order valence-electron chi connectivity index (χ4n) is 3.04. The van der Waals surface area contributed by atoms with Crippen LogP contribution in [-0.4, -0.2) is 47.1 Å². The molecule has 1 aliphatic heterocycles. The SMILES string of the molecule is O=C(NCCNc1ncccn1)NCc1ccccc1CN1CCCC1. The van der Waals surface area contributed by atoms with Crippen LogP contribution in [0.15, 0.2) is 42.7 Å². The zero-order chi connectivity index (χ0) is 18.0. The van der Waals surface area contributed by atoms with E-state index in [0.717, 1.165) is 6.54 Å². The van der Waals surface area contributed by atoms with E-state index in [4.69, 9.17) is 0 Å². The Morgan fingerprint density at radius 1 is 0.962 bits per heavy atom. The minimum absolute atomic E-state index is 0.170. The molecule has 138 valence electrons. The van der Waals surface area contributed by atoms with Gasteiger partial charge in [-0.25, -0.2) is 14.8 Å². The predicted molar refractivity (Wildman–Crippen MR) is 102 cm³/mol. The lowest BCUT2D eigenvalue weighted by Crippen LogP contribution is -2.37. The van der Waals surface area contributed by atoms with Gasteiger partial charge >= 0.3 is 6.03 Å². The molecule has 3 rings (SSSR count). The van der Waals surface area contributed by atoms with Crippen LogP contribution in [0.5, 0.6) is 0 Å². The summed E-state index contributed by atoms with van der Waals surface area (Å²) in [6.07, 6.45) is 5.92. The number of urea groups is 1. The quantitative estimate of drug-likeness (QED) is 0.632. The third kappa shape index (κ3) is 5.70. The molecule has 2 aromatic rings. The zero-order valence-corrected chi connectivity index (χ0v) is 14.9. The first-order chi connectivity index (χ1) is 12.8. The summed E-state index contributed by atoms with van der Waals surface area (Å²) in [6, 6.07) is 9.91. The van der Waals surface area contributed by atoms with Crippen molar-refractivity contribution in [3.8, 4) is 0 Å². The van der Waals surface area contributed by atoms with Crippen LogP contribution in [0.25, 0.3) is 0 Å². The Morgan fingerprint density at radius 2 is 1.69 bits per heavy atom. The normalized spacial score (nSPS) is 14.2. The molecular formula is C19H26N6O. The summed E-state index contributed by atoms with van der Waals surface area (Å²) in [6.45, 7) is 4.90. The molecule has 0 unspecified atom stereocenters. The molecule has 2 amide bonds. The standard InChI is InChI=1S/C19H26N6O/c26-19(23-11-10-22-18-20-8-5-9-21-18)24-14-16-6-1-2-7-17(16)15-25-12-3-4-13-25/h1-2,5-9H,3-4,10-15H2,(H,20,21,22)(H2,23,24,26). The summed E-state index contributed by atoms with van der Waals surface area (Å²) in [5, 5.41) is 8.83. The van der Waals surface area contributed by atoms with Gasteiger partial charge in [-0.2, -0.15) is 0 Å². The van der Waals surface area contributed by atoms with E-state index in [1.165, 1.54) is 37.1 Å². The van der Waals surface area contributed by atoms with Crippen LogP contribution in [0, 0.1) is 0 Å². The number of aromatic nitrogens is 2. The van der Waals surface area contributed by atoms with Crippen LogP contribution in [0.4, 0.5) is 10.7 Å². The summed E-state index contributed by atoms with van der Waals surface area (Å²) >= 11 is 0. The number of nitrogens with one attached hydrogen (secondary N) is 3. The van der Waals surface area contributed by atoms with Gasteiger partial charge in [0, 0.05) is 38.6 Å². The lowest BCUT2D eigenvalue weighted by atomic mass is 10.1. The highest BCUT2D eigenvalue weighted by Crippen LogP contribution is 2.16. The van der Waals surface area contributed by atoms with Gasteiger partial charge in [-0.1, -0.05) is 24.3 Å². The van der Waals surface area contributed by atoms with Crippen molar-refractivity contribution in [1.29, 1.82) is 0 Å². The summed E-state index contributed by atoms with van der Waals surface area (Å²) in [7, 11) is 0. The van der Waals surface area contributed by atoms with Crippen LogP contribution in [-0.2, 0) is 13.1 Å². The van der Waals surface area contributed by atoms with Crippen LogP contribution in [0.1, 0.15) is 24.0 Å². The van der Waals surface area contributed by atoms with Gasteiger partial charge in [0.15, 0.2) is 0 Å². The third-order valence-corrected chi connectivity index (χ3v) is 4.41. The van der Waals surface area contributed by atoms with Gasteiger partial charge in [0.1, 0.15) is 0 Å². The second-order valence-corrected chi connectivity index (χ2v) is 6.36. The number of hydrogen-bond donors (Lipinski definition) is 3. The van der Waals surface area contributed by atoms with Gasteiger partial charge < -0.3 is 16.0 Å². The molecule has 0 radical (unpaired) electrons. The summed E-state index contributed by atoms with van der Waals surface area (Å²) in [4.78, 5) is 22.6. The van der Waals surface area contributed by atoms with Crippen LogP contribution < -0.4 is 16.0 Å². The highest BCUT2D eigenvalue weighted by molar-refractivity contribution is 5.73. The molecule has 1 fully saturated rings. The Hall–Kier alpha value is -2.67. The van der Waals surface area contributed by atoms with Crippen molar-refractivity contribution in [2.45, 2.75) is 25.9 Å². The van der Waals surface area contributed by atoms with Gasteiger partial charge in [0.2, 0.25) is 5.95 Å². The van der Waals surface area contributed by atoms with Crippen molar-refractivity contribution >= 4 is 12.0 Å². The lowest BCUT2D eigenvalue weighted by Gasteiger charge is -2.18. The van der Waals surface area contributed by atoms with Gasteiger partial charge in [-0.15, -0.1) is 0 Å². The number of carbonyl (C=O) groups excluding carboxylic acids is 1. The van der Waals surface area contributed by atoms with Crippen LogP contribution in [0.3, 0.4) is 0 Å². The molecule has 0 aliphatic carbocycles. The van der Waals surface area contributed by atoms with Gasteiger partial charge in [-0.05, 0) is 43.1 Å². The first-order valence-electron chi connectivity index (χ1n) is 9.13. The fraction of sp³-hybridized carbons (Fsp3) is 0.421. The molecular weight excluding hydrogens is 328 g/mol. The maximum absolute atomic E-state index is 12.0. The second-order valence-electron chi connectivity index (χ2n) is 6.36. The fourth-order valence-corrected chi connectivity index (χ4v) is 3.04. The van der Waals surface area contributed by atoms with Gasteiger partial charge in [0.25, 0.3) is 0 Å². The van der Waals surface area contributed by atoms with Crippen molar-refractivity contribution in [2.24, 2.45) is 0 Å². The summed E-state index contributed by atoms with van der Waals surface area (Å²) in [5.41, 5.74) is 2.46. The molecule has 1 aromatic heterocycles. The first kappa shape index (κ1) is 18.1. The zero-order valence-electron chi connectivity index (χ0n) is 14.9. The number of rotatable bonds is 8. The summed E-state index contributed by atoms with van der Waals surface area (Å²) < 4.78 is 0. The monoisotopic (exact) mass is 354 g/mol. The van der Waals surface area contributed by atoms with E-state index in [1.54, 1.807) is 18.5 Å². The van der Waals surface area contributed by atoms with E-state index in [0.29, 0.717) is 25.6 Å². The molecule has 0 saturated carbocycles. The molecule has 7 nitrogen and oxygen atoms in total. The first-order valence-corrected chi connectivity index (χ1v) is 9.13. The van der Waals surface area contributed by atoms with Crippen molar-refractivity contribution < 1.29 is 4.79 Å². The second kappa shape index (κ2) is 9.72. The number of hydrogen-bond acceptors (Lipinski definition) is 5. The number of carbonyl (C=O) groups is 1. The smallest absolute Gasteiger partial charge is 0.315 e. The third-order valence-electron chi connectivity index (χ3n) is 4.41. The van der Waals surface area contributed by atoms with Crippen LogP contribution >= 0.6 is 0 Å². The summed E-state index contributed by atoms with van der Waals surface area (Å²) in [5.74, 6) is 0.561. The highest BCUT2D eigenvalue weighted by Gasteiger charge is 2.13. The number of anilines is 1. The Labute approximate surface area is 154 Å².